The number of nitrogens with zero attached hydrogens (tertiary/aromatic N) is 1. The molecule has 2 saturated heterocycles. The van der Waals surface area contributed by atoms with E-state index in [1.165, 1.54) is 0 Å². The average Bonchev–Trinajstić information content (AvgIpc) is 2.37. The summed E-state index contributed by atoms with van der Waals surface area (Å²) >= 11 is 0. The fourth-order valence-electron chi connectivity index (χ4n) is 3.11. The van der Waals surface area contributed by atoms with E-state index in [4.69, 9.17) is 5.11 Å². The zero-order valence-corrected chi connectivity index (χ0v) is 10.5. The molecule has 0 aromatic heterocycles. The maximum Gasteiger partial charge on any atom is 0.222 e. The standard InChI is InChI=1S/C13H24N2O2/c16-9-3-1-2-8-15-12-6-7-14-10-11(12)4-5-13(15)17/h11-12,14,16H,1-10H2. The van der Waals surface area contributed by atoms with Crippen LogP contribution in [0.25, 0.3) is 0 Å². The summed E-state index contributed by atoms with van der Waals surface area (Å²) in [7, 11) is 0. The third kappa shape index (κ3) is 3.19. The van der Waals surface area contributed by atoms with Gasteiger partial charge in [-0.05, 0) is 51.1 Å². The third-order valence-corrected chi connectivity index (χ3v) is 4.07. The van der Waals surface area contributed by atoms with Gasteiger partial charge in [-0.25, -0.2) is 0 Å². The van der Waals surface area contributed by atoms with Crippen molar-refractivity contribution < 1.29 is 9.90 Å². The average molecular weight is 240 g/mol. The van der Waals surface area contributed by atoms with Gasteiger partial charge in [0.2, 0.25) is 5.91 Å². The first-order valence-electron chi connectivity index (χ1n) is 6.94. The van der Waals surface area contributed by atoms with Crippen molar-refractivity contribution in [3.05, 3.63) is 0 Å². The van der Waals surface area contributed by atoms with Crippen LogP contribution in [0.1, 0.15) is 38.5 Å². The summed E-state index contributed by atoms with van der Waals surface area (Å²) in [5.74, 6) is 1.01. The number of amides is 1. The molecule has 2 aliphatic heterocycles. The van der Waals surface area contributed by atoms with Crippen molar-refractivity contribution in [2.75, 3.05) is 26.2 Å². The van der Waals surface area contributed by atoms with E-state index in [1.807, 2.05) is 0 Å². The maximum atomic E-state index is 12.0. The molecule has 0 spiro atoms. The van der Waals surface area contributed by atoms with E-state index in [0.717, 1.165) is 58.2 Å². The number of piperidine rings is 2. The van der Waals surface area contributed by atoms with Gasteiger partial charge < -0.3 is 15.3 Å². The Labute approximate surface area is 103 Å². The van der Waals surface area contributed by atoms with Gasteiger partial charge >= 0.3 is 0 Å². The first-order valence-corrected chi connectivity index (χ1v) is 6.94. The summed E-state index contributed by atoms with van der Waals surface area (Å²) in [6, 6.07) is 0.478. The zero-order valence-electron chi connectivity index (χ0n) is 10.5. The molecule has 2 rings (SSSR count). The van der Waals surface area contributed by atoms with Crippen LogP contribution in [-0.2, 0) is 4.79 Å². The molecule has 2 fully saturated rings. The molecule has 2 aliphatic rings. The van der Waals surface area contributed by atoms with Crippen molar-refractivity contribution in [2.24, 2.45) is 5.92 Å². The molecule has 4 heteroatoms. The predicted octanol–water partition coefficient (Wildman–Crippen LogP) is 0.749. The van der Waals surface area contributed by atoms with E-state index in [0.29, 0.717) is 17.9 Å². The highest BCUT2D eigenvalue weighted by atomic mass is 16.2. The number of likely N-dealkylation sites (tertiary alicyclic amines) is 1. The molecule has 98 valence electrons. The van der Waals surface area contributed by atoms with E-state index in [-0.39, 0.29) is 6.61 Å². The quantitative estimate of drug-likeness (QED) is 0.697. The minimum Gasteiger partial charge on any atom is -0.396 e. The van der Waals surface area contributed by atoms with Crippen LogP contribution >= 0.6 is 0 Å². The number of rotatable bonds is 5. The van der Waals surface area contributed by atoms with Crippen LogP contribution in [0.3, 0.4) is 0 Å². The Kier molecular flexibility index (Phi) is 4.80. The summed E-state index contributed by atoms with van der Waals surface area (Å²) in [6.07, 6.45) is 5.80. The Balaban J connectivity index is 1.85. The number of nitrogens with one attached hydrogen (secondary N) is 1. The van der Waals surface area contributed by atoms with Gasteiger partial charge in [0.15, 0.2) is 0 Å². The monoisotopic (exact) mass is 240 g/mol. The van der Waals surface area contributed by atoms with E-state index >= 15 is 0 Å². The summed E-state index contributed by atoms with van der Waals surface area (Å²) in [5, 5.41) is 12.2. The number of carbonyl (C=O) groups is 1. The van der Waals surface area contributed by atoms with Crippen molar-refractivity contribution >= 4 is 5.91 Å². The second kappa shape index (κ2) is 6.36. The van der Waals surface area contributed by atoms with Crippen molar-refractivity contribution in [1.29, 1.82) is 0 Å². The second-order valence-corrected chi connectivity index (χ2v) is 5.23. The maximum absolute atomic E-state index is 12.0. The lowest BCUT2D eigenvalue weighted by atomic mass is 9.84. The molecule has 0 aliphatic carbocycles. The molecular weight excluding hydrogens is 216 g/mol. The SMILES string of the molecule is O=C1CCC2CNCCC2N1CCCCCO. The molecule has 2 N–H and O–H groups in total. The van der Waals surface area contributed by atoms with Gasteiger partial charge in [-0.2, -0.15) is 0 Å². The van der Waals surface area contributed by atoms with Crippen LogP contribution < -0.4 is 5.32 Å². The van der Waals surface area contributed by atoms with E-state index in [2.05, 4.69) is 10.2 Å². The highest BCUT2D eigenvalue weighted by Gasteiger charge is 2.36. The minimum atomic E-state index is 0.268. The minimum absolute atomic E-state index is 0.268. The largest absolute Gasteiger partial charge is 0.396 e. The van der Waals surface area contributed by atoms with Gasteiger partial charge in [0.25, 0.3) is 0 Å². The van der Waals surface area contributed by atoms with Crippen molar-refractivity contribution in [3.8, 4) is 0 Å². The van der Waals surface area contributed by atoms with Crippen molar-refractivity contribution in [1.82, 2.24) is 10.2 Å². The smallest absolute Gasteiger partial charge is 0.222 e. The van der Waals surface area contributed by atoms with Gasteiger partial charge in [-0.1, -0.05) is 0 Å². The van der Waals surface area contributed by atoms with Gasteiger partial charge in [-0.15, -0.1) is 0 Å². The summed E-state index contributed by atoms with van der Waals surface area (Å²) in [4.78, 5) is 14.1. The summed E-state index contributed by atoms with van der Waals surface area (Å²) in [6.45, 7) is 3.27. The molecular formula is C13H24N2O2. The van der Waals surface area contributed by atoms with Gasteiger partial charge in [-0.3, -0.25) is 4.79 Å². The molecule has 17 heavy (non-hydrogen) atoms. The van der Waals surface area contributed by atoms with E-state index in [9.17, 15) is 4.79 Å². The Morgan fingerprint density at radius 1 is 1.29 bits per heavy atom. The fraction of sp³-hybridized carbons (Fsp3) is 0.923. The number of unbranched alkanes of at least 4 members (excludes halogenated alkanes) is 2. The molecule has 0 aromatic rings. The highest BCUT2D eigenvalue weighted by molar-refractivity contribution is 5.77. The third-order valence-electron chi connectivity index (χ3n) is 4.07. The Hall–Kier alpha value is -0.610. The summed E-state index contributed by atoms with van der Waals surface area (Å²) < 4.78 is 0. The molecule has 4 nitrogen and oxygen atoms in total. The first-order chi connectivity index (χ1) is 8.33. The number of aliphatic hydroxyl groups is 1. The molecule has 0 bridgehead atoms. The van der Waals surface area contributed by atoms with Gasteiger partial charge in [0.1, 0.15) is 0 Å². The molecule has 2 heterocycles. The Morgan fingerprint density at radius 3 is 3.00 bits per heavy atom. The second-order valence-electron chi connectivity index (χ2n) is 5.23. The lowest BCUT2D eigenvalue weighted by molar-refractivity contribution is -0.139. The van der Waals surface area contributed by atoms with Crippen LogP contribution in [0.4, 0.5) is 0 Å². The normalized spacial score (nSPS) is 29.2. The molecule has 0 saturated carbocycles. The molecule has 0 aromatic carbocycles. The van der Waals surface area contributed by atoms with Crippen LogP contribution in [0.15, 0.2) is 0 Å². The van der Waals surface area contributed by atoms with Crippen LogP contribution in [-0.4, -0.2) is 48.2 Å². The zero-order chi connectivity index (χ0) is 12.1. The fourth-order valence-corrected chi connectivity index (χ4v) is 3.11. The van der Waals surface area contributed by atoms with Crippen LogP contribution in [0.5, 0.6) is 0 Å². The van der Waals surface area contributed by atoms with Gasteiger partial charge in [0, 0.05) is 25.6 Å². The van der Waals surface area contributed by atoms with Crippen LogP contribution in [0.2, 0.25) is 0 Å². The highest BCUT2D eigenvalue weighted by Crippen LogP contribution is 2.28. The number of carbonyl (C=O) groups excluding carboxylic acids is 1. The van der Waals surface area contributed by atoms with Crippen molar-refractivity contribution in [2.45, 2.75) is 44.6 Å². The first kappa shape index (κ1) is 12.8. The van der Waals surface area contributed by atoms with E-state index in [1.54, 1.807) is 0 Å². The number of aliphatic hydroxyl groups excluding tert-OH is 1. The summed E-state index contributed by atoms with van der Waals surface area (Å²) in [5.41, 5.74) is 0. The lowest BCUT2D eigenvalue weighted by Crippen LogP contribution is -2.55. The lowest BCUT2D eigenvalue weighted by Gasteiger charge is -2.44. The topological polar surface area (TPSA) is 52.6 Å². The molecule has 2 unspecified atom stereocenters. The Morgan fingerprint density at radius 2 is 2.18 bits per heavy atom. The van der Waals surface area contributed by atoms with Gasteiger partial charge in [0.05, 0.1) is 0 Å². The van der Waals surface area contributed by atoms with Crippen molar-refractivity contribution in [3.63, 3.8) is 0 Å². The Bertz CT molecular complexity index is 258. The number of fused-ring (bicyclic) bond motifs is 1. The van der Waals surface area contributed by atoms with E-state index < -0.39 is 0 Å². The van der Waals surface area contributed by atoms with Crippen LogP contribution in [0, 0.1) is 5.92 Å². The molecule has 1 amide bonds. The number of hydrogen-bond acceptors (Lipinski definition) is 3. The predicted molar refractivity (Wildman–Crippen MR) is 66.6 cm³/mol. The molecule has 0 radical (unpaired) electrons. The molecule has 2 atom stereocenters. The number of hydrogen-bond donors (Lipinski definition) is 2.